The summed E-state index contributed by atoms with van der Waals surface area (Å²) in [5.74, 6) is 0.669. The number of unbranched alkanes of at least 4 members (excludes halogenated alkanes) is 3. The van der Waals surface area contributed by atoms with E-state index in [0.717, 1.165) is 19.3 Å². The molecule has 0 heterocycles. The van der Waals surface area contributed by atoms with E-state index in [1.165, 1.54) is 62.5 Å². The number of hydrogen-bond acceptors (Lipinski definition) is 1. The van der Waals surface area contributed by atoms with Gasteiger partial charge in [0.05, 0.1) is 11.5 Å². The minimum absolute atomic E-state index is 0.0214. The third-order valence-corrected chi connectivity index (χ3v) is 5.68. The molecule has 1 heteroatoms. The van der Waals surface area contributed by atoms with Crippen LogP contribution in [0.4, 0.5) is 0 Å². The zero-order valence-electron chi connectivity index (χ0n) is 15.1. The van der Waals surface area contributed by atoms with Crippen molar-refractivity contribution in [1.29, 1.82) is 5.26 Å². The first-order valence-electron chi connectivity index (χ1n) is 9.73. The van der Waals surface area contributed by atoms with E-state index in [2.05, 4.69) is 44.2 Å². The first-order valence-corrected chi connectivity index (χ1v) is 9.73. The fourth-order valence-electron chi connectivity index (χ4n) is 4.06. The first-order chi connectivity index (χ1) is 11.2. The largest absolute Gasteiger partial charge is 0.198 e. The molecule has 1 saturated carbocycles. The Kier molecular flexibility index (Phi) is 7.15. The highest BCUT2D eigenvalue weighted by atomic mass is 14.4. The molecule has 1 aliphatic carbocycles. The summed E-state index contributed by atoms with van der Waals surface area (Å²) in [6, 6.07) is 12.0. The highest BCUT2D eigenvalue weighted by molar-refractivity contribution is 5.26. The number of nitriles is 1. The van der Waals surface area contributed by atoms with Crippen LogP contribution in [0.5, 0.6) is 0 Å². The Bertz CT molecular complexity index is 486. The third-order valence-electron chi connectivity index (χ3n) is 5.68. The van der Waals surface area contributed by atoms with E-state index in [0.29, 0.717) is 5.92 Å². The smallest absolute Gasteiger partial charge is 0.0689 e. The van der Waals surface area contributed by atoms with Crippen LogP contribution < -0.4 is 0 Å². The summed E-state index contributed by atoms with van der Waals surface area (Å²) in [5.41, 5.74) is 2.92. The molecule has 126 valence electrons. The lowest BCUT2D eigenvalue weighted by Crippen LogP contribution is -2.25. The quantitative estimate of drug-likeness (QED) is 0.485. The van der Waals surface area contributed by atoms with Gasteiger partial charge in [0.15, 0.2) is 0 Å². The molecule has 0 amide bonds. The standard InChI is InChI=1S/C22H33N/c1-3-5-6-7-15-22(18-23)16-13-21(14-17-22)20-11-9-19(8-4-2)10-12-20/h9-12,21H,3-8,13-17H2,1-2H3/t21-,22-. The molecule has 23 heavy (non-hydrogen) atoms. The van der Waals surface area contributed by atoms with Crippen LogP contribution in [0.2, 0.25) is 0 Å². The van der Waals surface area contributed by atoms with Gasteiger partial charge in [-0.3, -0.25) is 0 Å². The van der Waals surface area contributed by atoms with Gasteiger partial charge in [-0.25, -0.2) is 0 Å². The summed E-state index contributed by atoms with van der Waals surface area (Å²) in [5, 5.41) is 9.70. The van der Waals surface area contributed by atoms with Crippen LogP contribution in [0.15, 0.2) is 24.3 Å². The molecule has 0 saturated heterocycles. The fraction of sp³-hybridized carbons (Fsp3) is 0.682. The summed E-state index contributed by atoms with van der Waals surface area (Å²) in [6.07, 6.45) is 13.2. The SMILES string of the molecule is CCCCCC[C@]1(C#N)CC[C@H](c2ccc(CCC)cc2)CC1. The van der Waals surface area contributed by atoms with Gasteiger partial charge in [0, 0.05) is 0 Å². The third kappa shape index (κ3) is 5.10. The summed E-state index contributed by atoms with van der Waals surface area (Å²) in [7, 11) is 0. The Labute approximate surface area is 143 Å². The van der Waals surface area contributed by atoms with E-state index in [4.69, 9.17) is 0 Å². The van der Waals surface area contributed by atoms with Gasteiger partial charge in [0.25, 0.3) is 0 Å². The molecule has 0 aliphatic heterocycles. The molecule has 2 rings (SSSR count). The van der Waals surface area contributed by atoms with E-state index < -0.39 is 0 Å². The van der Waals surface area contributed by atoms with Gasteiger partial charge in [-0.1, -0.05) is 70.2 Å². The van der Waals surface area contributed by atoms with Crippen LogP contribution in [-0.4, -0.2) is 0 Å². The maximum absolute atomic E-state index is 9.70. The van der Waals surface area contributed by atoms with E-state index in [9.17, 15) is 5.26 Å². The Morgan fingerprint density at radius 3 is 2.26 bits per heavy atom. The maximum Gasteiger partial charge on any atom is 0.0689 e. The predicted molar refractivity (Wildman–Crippen MR) is 98.5 cm³/mol. The average molecular weight is 312 g/mol. The van der Waals surface area contributed by atoms with E-state index >= 15 is 0 Å². The van der Waals surface area contributed by atoms with Crippen molar-refractivity contribution in [2.24, 2.45) is 5.41 Å². The highest BCUT2D eigenvalue weighted by Crippen LogP contribution is 2.45. The van der Waals surface area contributed by atoms with Crippen molar-refractivity contribution in [3.05, 3.63) is 35.4 Å². The average Bonchev–Trinajstić information content (AvgIpc) is 2.60. The van der Waals surface area contributed by atoms with Crippen LogP contribution in [0.1, 0.15) is 95.1 Å². The van der Waals surface area contributed by atoms with Gasteiger partial charge in [-0.2, -0.15) is 5.26 Å². The van der Waals surface area contributed by atoms with Gasteiger partial charge >= 0.3 is 0 Å². The van der Waals surface area contributed by atoms with Gasteiger partial charge in [-0.15, -0.1) is 0 Å². The number of rotatable bonds is 8. The second kappa shape index (κ2) is 9.11. The molecule has 0 bridgehead atoms. The Morgan fingerprint density at radius 2 is 1.70 bits per heavy atom. The second-order valence-corrected chi connectivity index (χ2v) is 7.47. The molecule has 0 radical (unpaired) electrons. The molecule has 0 N–H and O–H groups in total. The normalized spacial score (nSPS) is 24.3. The molecule has 1 nitrogen and oxygen atoms in total. The van der Waals surface area contributed by atoms with Crippen molar-refractivity contribution in [2.75, 3.05) is 0 Å². The molecule has 1 aromatic rings. The number of aryl methyl sites for hydroxylation is 1. The van der Waals surface area contributed by atoms with Crippen LogP contribution in [0.25, 0.3) is 0 Å². The van der Waals surface area contributed by atoms with E-state index in [1.807, 2.05) is 0 Å². The van der Waals surface area contributed by atoms with Gasteiger partial charge in [0.2, 0.25) is 0 Å². The lowest BCUT2D eigenvalue weighted by atomic mass is 9.67. The minimum atomic E-state index is -0.0214. The summed E-state index contributed by atoms with van der Waals surface area (Å²) in [4.78, 5) is 0. The predicted octanol–water partition coefficient (Wildman–Crippen LogP) is 6.78. The van der Waals surface area contributed by atoms with Crippen molar-refractivity contribution >= 4 is 0 Å². The van der Waals surface area contributed by atoms with Gasteiger partial charge in [-0.05, 0) is 55.6 Å². The number of benzene rings is 1. The zero-order chi connectivity index (χ0) is 16.5. The lowest BCUT2D eigenvalue weighted by molar-refractivity contribution is 0.223. The van der Waals surface area contributed by atoms with Gasteiger partial charge in [0.1, 0.15) is 0 Å². The van der Waals surface area contributed by atoms with Crippen molar-refractivity contribution in [3.8, 4) is 6.07 Å². The molecule has 1 fully saturated rings. The second-order valence-electron chi connectivity index (χ2n) is 7.47. The first kappa shape index (κ1) is 18.1. The minimum Gasteiger partial charge on any atom is -0.198 e. The van der Waals surface area contributed by atoms with Crippen molar-refractivity contribution in [1.82, 2.24) is 0 Å². The van der Waals surface area contributed by atoms with Crippen LogP contribution in [0, 0.1) is 16.7 Å². The maximum atomic E-state index is 9.70. The Hall–Kier alpha value is -1.29. The lowest BCUT2D eigenvalue weighted by Gasteiger charge is -2.35. The molecule has 0 unspecified atom stereocenters. The summed E-state index contributed by atoms with van der Waals surface area (Å²) >= 11 is 0. The monoisotopic (exact) mass is 311 g/mol. The molecule has 0 spiro atoms. The molecule has 1 aromatic carbocycles. The van der Waals surface area contributed by atoms with Crippen molar-refractivity contribution in [2.45, 2.75) is 90.4 Å². The molecule has 0 atom stereocenters. The fourth-order valence-corrected chi connectivity index (χ4v) is 4.06. The van der Waals surface area contributed by atoms with Crippen molar-refractivity contribution < 1.29 is 0 Å². The molecular weight excluding hydrogens is 278 g/mol. The molecule has 0 aromatic heterocycles. The highest BCUT2D eigenvalue weighted by Gasteiger charge is 2.35. The topological polar surface area (TPSA) is 23.8 Å². The van der Waals surface area contributed by atoms with E-state index in [-0.39, 0.29) is 5.41 Å². The Balaban J connectivity index is 1.87. The van der Waals surface area contributed by atoms with Gasteiger partial charge < -0.3 is 0 Å². The van der Waals surface area contributed by atoms with Crippen LogP contribution >= 0.6 is 0 Å². The van der Waals surface area contributed by atoms with Crippen LogP contribution in [0.3, 0.4) is 0 Å². The zero-order valence-corrected chi connectivity index (χ0v) is 15.1. The Morgan fingerprint density at radius 1 is 1.00 bits per heavy atom. The molecule has 1 aliphatic rings. The number of hydrogen-bond donors (Lipinski definition) is 0. The molecular formula is C22H33N. The van der Waals surface area contributed by atoms with Crippen LogP contribution in [-0.2, 0) is 6.42 Å². The van der Waals surface area contributed by atoms with E-state index in [1.54, 1.807) is 0 Å². The summed E-state index contributed by atoms with van der Waals surface area (Å²) in [6.45, 7) is 4.48. The summed E-state index contributed by atoms with van der Waals surface area (Å²) < 4.78 is 0. The van der Waals surface area contributed by atoms with Crippen molar-refractivity contribution in [3.63, 3.8) is 0 Å². The number of nitrogens with zero attached hydrogens (tertiary/aromatic N) is 1.